The van der Waals surface area contributed by atoms with Gasteiger partial charge in [0.25, 0.3) is 5.91 Å². The molecule has 1 aromatic heterocycles. The second-order valence-corrected chi connectivity index (χ2v) is 5.91. The van der Waals surface area contributed by atoms with Crippen molar-refractivity contribution in [2.45, 2.75) is 20.8 Å². The van der Waals surface area contributed by atoms with Crippen molar-refractivity contribution in [3.63, 3.8) is 0 Å². The molecular formula is C19H21N3O6. The number of ether oxygens (including phenoxy) is 2. The van der Waals surface area contributed by atoms with Crippen molar-refractivity contribution in [2.75, 3.05) is 18.5 Å². The van der Waals surface area contributed by atoms with Crippen LogP contribution >= 0.6 is 0 Å². The van der Waals surface area contributed by atoms with Crippen molar-refractivity contribution >= 4 is 29.4 Å². The normalized spacial score (nSPS) is 10.2. The summed E-state index contributed by atoms with van der Waals surface area (Å²) in [5, 5.41) is 2.53. The van der Waals surface area contributed by atoms with Gasteiger partial charge in [-0.1, -0.05) is 0 Å². The molecule has 0 aliphatic carbocycles. The predicted molar refractivity (Wildman–Crippen MR) is 100 cm³/mol. The van der Waals surface area contributed by atoms with E-state index in [-0.39, 0.29) is 17.9 Å². The molecule has 148 valence electrons. The lowest BCUT2D eigenvalue weighted by atomic mass is 10.1. The van der Waals surface area contributed by atoms with Crippen LogP contribution in [0.1, 0.15) is 49.4 Å². The van der Waals surface area contributed by atoms with Gasteiger partial charge in [0.2, 0.25) is 5.91 Å². The van der Waals surface area contributed by atoms with Crippen LogP contribution in [0.4, 0.5) is 5.69 Å². The SMILES string of the molecule is CCOC(=O)c1c(C)[nH]c(C(=O)OCC(=O)Nc2ccc(C(N)=O)cc2)c1C. The number of nitrogens with one attached hydrogen (secondary N) is 2. The Morgan fingerprint density at radius 3 is 2.25 bits per heavy atom. The van der Waals surface area contributed by atoms with Crippen molar-refractivity contribution in [3.05, 3.63) is 52.3 Å². The smallest absolute Gasteiger partial charge is 0.355 e. The van der Waals surface area contributed by atoms with Crippen LogP contribution in [0.3, 0.4) is 0 Å². The molecule has 0 spiro atoms. The van der Waals surface area contributed by atoms with E-state index in [1.165, 1.54) is 24.3 Å². The molecule has 0 atom stereocenters. The molecule has 4 N–H and O–H groups in total. The Labute approximate surface area is 161 Å². The topological polar surface area (TPSA) is 141 Å². The summed E-state index contributed by atoms with van der Waals surface area (Å²) in [6, 6.07) is 5.94. The molecule has 9 nitrogen and oxygen atoms in total. The van der Waals surface area contributed by atoms with Gasteiger partial charge in [0, 0.05) is 16.9 Å². The molecular weight excluding hydrogens is 366 g/mol. The quantitative estimate of drug-likeness (QED) is 0.618. The van der Waals surface area contributed by atoms with Gasteiger partial charge >= 0.3 is 11.9 Å². The Hall–Kier alpha value is -3.62. The minimum absolute atomic E-state index is 0.0826. The molecule has 2 amide bonds. The van der Waals surface area contributed by atoms with E-state index in [4.69, 9.17) is 15.2 Å². The maximum Gasteiger partial charge on any atom is 0.355 e. The molecule has 0 saturated heterocycles. The molecule has 2 aromatic rings. The largest absolute Gasteiger partial charge is 0.462 e. The Kier molecular flexibility index (Phi) is 6.54. The first-order valence-electron chi connectivity index (χ1n) is 8.47. The number of H-pyrrole nitrogens is 1. The highest BCUT2D eigenvalue weighted by atomic mass is 16.5. The molecule has 0 aliphatic heterocycles. The fourth-order valence-corrected chi connectivity index (χ4v) is 2.58. The molecule has 0 radical (unpaired) electrons. The van der Waals surface area contributed by atoms with Gasteiger partial charge in [-0.05, 0) is 50.6 Å². The number of esters is 2. The average molecular weight is 387 g/mol. The third-order valence-electron chi connectivity index (χ3n) is 3.91. The fraction of sp³-hybridized carbons (Fsp3) is 0.263. The monoisotopic (exact) mass is 387 g/mol. The van der Waals surface area contributed by atoms with Crippen LogP contribution in [-0.2, 0) is 14.3 Å². The van der Waals surface area contributed by atoms with Gasteiger partial charge in [0.05, 0.1) is 12.2 Å². The maximum absolute atomic E-state index is 12.3. The van der Waals surface area contributed by atoms with Crippen LogP contribution in [0.2, 0.25) is 0 Å². The van der Waals surface area contributed by atoms with Crippen LogP contribution in [0.5, 0.6) is 0 Å². The van der Waals surface area contributed by atoms with Gasteiger partial charge in [-0.25, -0.2) is 9.59 Å². The van der Waals surface area contributed by atoms with E-state index in [0.717, 1.165) is 0 Å². The summed E-state index contributed by atoms with van der Waals surface area (Å²) in [6.45, 7) is 4.60. The van der Waals surface area contributed by atoms with Crippen molar-refractivity contribution in [2.24, 2.45) is 5.73 Å². The Morgan fingerprint density at radius 1 is 1.04 bits per heavy atom. The van der Waals surface area contributed by atoms with E-state index < -0.39 is 30.4 Å². The lowest BCUT2D eigenvalue weighted by molar-refractivity contribution is -0.119. The van der Waals surface area contributed by atoms with Crippen molar-refractivity contribution in [1.82, 2.24) is 4.98 Å². The van der Waals surface area contributed by atoms with E-state index in [2.05, 4.69) is 10.3 Å². The summed E-state index contributed by atoms with van der Waals surface area (Å²) in [7, 11) is 0. The highest BCUT2D eigenvalue weighted by molar-refractivity contribution is 6.00. The second-order valence-electron chi connectivity index (χ2n) is 5.91. The third kappa shape index (κ3) is 4.76. The summed E-state index contributed by atoms with van der Waals surface area (Å²) >= 11 is 0. The molecule has 9 heteroatoms. The number of rotatable bonds is 7. The molecule has 0 bridgehead atoms. The lowest BCUT2D eigenvalue weighted by Gasteiger charge is -2.07. The Bertz CT molecular complexity index is 914. The summed E-state index contributed by atoms with van der Waals surface area (Å²) in [5.41, 5.74) is 7.09. The van der Waals surface area contributed by atoms with E-state index >= 15 is 0 Å². The first-order valence-corrected chi connectivity index (χ1v) is 8.47. The molecule has 1 aromatic carbocycles. The predicted octanol–water partition coefficient (Wildman–Crippen LogP) is 1.70. The first kappa shape index (κ1) is 20.7. The number of amides is 2. The fourth-order valence-electron chi connectivity index (χ4n) is 2.58. The van der Waals surface area contributed by atoms with Gasteiger partial charge in [-0.3, -0.25) is 9.59 Å². The van der Waals surface area contributed by atoms with E-state index in [9.17, 15) is 19.2 Å². The first-order chi connectivity index (χ1) is 13.2. The lowest BCUT2D eigenvalue weighted by Crippen LogP contribution is -2.21. The maximum atomic E-state index is 12.3. The van der Waals surface area contributed by atoms with Gasteiger partial charge in [0.15, 0.2) is 6.61 Å². The highest BCUT2D eigenvalue weighted by Crippen LogP contribution is 2.20. The van der Waals surface area contributed by atoms with Crippen LogP contribution in [-0.4, -0.2) is 42.0 Å². The van der Waals surface area contributed by atoms with Gasteiger partial charge < -0.3 is 25.5 Å². The number of benzene rings is 1. The molecule has 0 aliphatic rings. The van der Waals surface area contributed by atoms with E-state index in [0.29, 0.717) is 22.5 Å². The molecule has 28 heavy (non-hydrogen) atoms. The van der Waals surface area contributed by atoms with Crippen LogP contribution in [0.25, 0.3) is 0 Å². The molecule has 0 unspecified atom stereocenters. The number of aromatic nitrogens is 1. The number of hydrogen-bond donors (Lipinski definition) is 3. The Morgan fingerprint density at radius 2 is 1.68 bits per heavy atom. The average Bonchev–Trinajstić information content (AvgIpc) is 2.94. The number of carbonyl (C=O) groups is 4. The van der Waals surface area contributed by atoms with Crippen LogP contribution < -0.4 is 11.1 Å². The highest BCUT2D eigenvalue weighted by Gasteiger charge is 2.24. The number of aromatic amines is 1. The summed E-state index contributed by atoms with van der Waals surface area (Å²) in [4.78, 5) is 50.0. The minimum atomic E-state index is -0.768. The van der Waals surface area contributed by atoms with Crippen LogP contribution in [0, 0.1) is 13.8 Å². The minimum Gasteiger partial charge on any atom is -0.462 e. The number of hydrogen-bond acceptors (Lipinski definition) is 6. The number of nitrogens with two attached hydrogens (primary N) is 1. The number of anilines is 1. The second kappa shape index (κ2) is 8.85. The molecule has 1 heterocycles. The number of carbonyl (C=O) groups excluding carboxylic acids is 4. The Balaban J connectivity index is 1.98. The van der Waals surface area contributed by atoms with Crippen molar-refractivity contribution < 1.29 is 28.7 Å². The van der Waals surface area contributed by atoms with Crippen LogP contribution in [0.15, 0.2) is 24.3 Å². The summed E-state index contributed by atoms with van der Waals surface area (Å²) < 4.78 is 9.97. The zero-order valence-corrected chi connectivity index (χ0v) is 15.8. The molecule has 0 fully saturated rings. The molecule has 0 saturated carbocycles. The standard InChI is InChI=1S/C19H21N3O6/c1-4-27-18(25)15-10(2)16(21-11(15)3)19(26)28-9-14(23)22-13-7-5-12(6-8-13)17(20)24/h5-8,21H,4,9H2,1-3H3,(H2,20,24)(H,22,23). The third-order valence-corrected chi connectivity index (χ3v) is 3.91. The summed E-state index contributed by atoms with van der Waals surface area (Å²) in [5.74, 6) is -2.45. The molecule has 2 rings (SSSR count). The van der Waals surface area contributed by atoms with Gasteiger partial charge in [-0.2, -0.15) is 0 Å². The van der Waals surface area contributed by atoms with Crippen molar-refractivity contribution in [1.29, 1.82) is 0 Å². The zero-order chi connectivity index (χ0) is 20.8. The van der Waals surface area contributed by atoms with E-state index in [1.807, 2.05) is 0 Å². The summed E-state index contributed by atoms with van der Waals surface area (Å²) in [6.07, 6.45) is 0. The van der Waals surface area contributed by atoms with Crippen molar-refractivity contribution in [3.8, 4) is 0 Å². The van der Waals surface area contributed by atoms with Gasteiger partial charge in [0.1, 0.15) is 5.69 Å². The number of aryl methyl sites for hydroxylation is 1. The van der Waals surface area contributed by atoms with Gasteiger partial charge in [-0.15, -0.1) is 0 Å². The zero-order valence-electron chi connectivity index (χ0n) is 15.8. The number of primary amides is 1. The van der Waals surface area contributed by atoms with E-state index in [1.54, 1.807) is 20.8 Å².